The molecule has 0 radical (unpaired) electrons. The minimum absolute atomic E-state index is 0.0223. The van der Waals surface area contributed by atoms with Crippen LogP contribution in [0.15, 0.2) is 34.4 Å². The Morgan fingerprint density at radius 3 is 1.97 bits per heavy atom. The van der Waals surface area contributed by atoms with E-state index in [0.717, 1.165) is 36.8 Å². The predicted octanol–water partition coefficient (Wildman–Crippen LogP) is 6.95. The number of unbranched alkanes of at least 4 members (excludes halogenated alkanes) is 1. The Morgan fingerprint density at radius 1 is 0.897 bits per heavy atom. The predicted molar refractivity (Wildman–Crippen MR) is 120 cm³/mol. The van der Waals surface area contributed by atoms with Crippen LogP contribution in [0.5, 0.6) is 0 Å². The Labute approximate surface area is 179 Å². The molecule has 3 aliphatic rings. The lowest BCUT2D eigenvalue weighted by molar-refractivity contribution is -0.119. The van der Waals surface area contributed by atoms with Gasteiger partial charge >= 0.3 is 0 Å². The van der Waals surface area contributed by atoms with Gasteiger partial charge in [0.15, 0.2) is 11.6 Å². The molecule has 1 heterocycles. The van der Waals surface area contributed by atoms with Crippen molar-refractivity contribution < 1.29 is 9.59 Å². The third-order valence-corrected chi connectivity index (χ3v) is 7.98. The summed E-state index contributed by atoms with van der Waals surface area (Å²) in [5, 5.41) is 0. The lowest BCUT2D eigenvalue weighted by Crippen LogP contribution is -2.36. The van der Waals surface area contributed by atoms with Gasteiger partial charge in [-0.15, -0.1) is 11.3 Å². The molecule has 4 rings (SSSR count). The standard InChI is InChI=1S/C26H34O2S/c1-6-7-8-18-9-10-21(29-18)24-22-16(12-25(2,3)14-19(22)27)11-17-13-26(4,5)15-20(28)23(17)24/h9-10,24H,6-8,11-15H2,1-5H3. The van der Waals surface area contributed by atoms with E-state index in [0.29, 0.717) is 12.8 Å². The van der Waals surface area contributed by atoms with Crippen molar-refractivity contribution in [2.75, 3.05) is 0 Å². The topological polar surface area (TPSA) is 34.1 Å². The van der Waals surface area contributed by atoms with Crippen LogP contribution < -0.4 is 0 Å². The average Bonchev–Trinajstić information content (AvgIpc) is 3.04. The summed E-state index contributed by atoms with van der Waals surface area (Å²) < 4.78 is 0. The van der Waals surface area contributed by atoms with Gasteiger partial charge < -0.3 is 0 Å². The van der Waals surface area contributed by atoms with E-state index in [1.165, 1.54) is 33.7 Å². The number of aryl methyl sites for hydroxylation is 1. The summed E-state index contributed by atoms with van der Waals surface area (Å²) in [6.45, 7) is 11.0. The maximum atomic E-state index is 13.3. The van der Waals surface area contributed by atoms with E-state index < -0.39 is 0 Å². The zero-order valence-electron chi connectivity index (χ0n) is 18.6. The van der Waals surface area contributed by atoms with E-state index in [4.69, 9.17) is 0 Å². The van der Waals surface area contributed by atoms with Crippen LogP contribution >= 0.6 is 11.3 Å². The third kappa shape index (κ3) is 3.95. The highest BCUT2D eigenvalue weighted by Gasteiger charge is 2.46. The highest BCUT2D eigenvalue weighted by atomic mass is 32.1. The second kappa shape index (κ2) is 7.34. The number of hydrogen-bond acceptors (Lipinski definition) is 3. The van der Waals surface area contributed by atoms with E-state index in [-0.39, 0.29) is 28.3 Å². The van der Waals surface area contributed by atoms with Crippen molar-refractivity contribution in [3.05, 3.63) is 44.2 Å². The molecule has 0 N–H and O–H groups in total. The highest BCUT2D eigenvalue weighted by Crippen LogP contribution is 2.55. The Balaban J connectivity index is 1.82. The van der Waals surface area contributed by atoms with Crippen LogP contribution in [0.1, 0.15) is 95.2 Å². The van der Waals surface area contributed by atoms with E-state index in [9.17, 15) is 9.59 Å². The largest absolute Gasteiger partial charge is 0.294 e. The number of carbonyl (C=O) groups excluding carboxylic acids is 2. The van der Waals surface area contributed by atoms with Gasteiger partial charge in [-0.3, -0.25) is 9.59 Å². The Kier molecular flexibility index (Phi) is 5.26. The van der Waals surface area contributed by atoms with Crippen LogP contribution in [0, 0.1) is 10.8 Å². The van der Waals surface area contributed by atoms with Gasteiger partial charge in [0.1, 0.15) is 0 Å². The summed E-state index contributed by atoms with van der Waals surface area (Å²) in [4.78, 5) is 29.2. The van der Waals surface area contributed by atoms with Crippen LogP contribution in [0.3, 0.4) is 0 Å². The normalized spacial score (nSPS) is 24.0. The molecule has 0 saturated carbocycles. The smallest absolute Gasteiger partial charge is 0.160 e. The first kappa shape index (κ1) is 20.8. The zero-order valence-corrected chi connectivity index (χ0v) is 19.4. The molecule has 0 bridgehead atoms. The van der Waals surface area contributed by atoms with Crippen molar-refractivity contribution in [1.82, 2.24) is 0 Å². The van der Waals surface area contributed by atoms with E-state index in [1.807, 2.05) is 11.3 Å². The molecular formula is C26H34O2S. The first-order chi connectivity index (χ1) is 13.6. The molecule has 2 nitrogen and oxygen atoms in total. The molecule has 156 valence electrons. The molecule has 1 aromatic heterocycles. The van der Waals surface area contributed by atoms with Gasteiger partial charge in [-0.05, 0) is 55.1 Å². The third-order valence-electron chi connectivity index (χ3n) is 6.77. The van der Waals surface area contributed by atoms with Crippen molar-refractivity contribution in [2.45, 2.75) is 91.9 Å². The molecular weight excluding hydrogens is 376 g/mol. The van der Waals surface area contributed by atoms with E-state index in [1.54, 1.807) is 0 Å². The molecule has 3 aliphatic carbocycles. The molecule has 0 spiro atoms. The molecule has 0 fully saturated rings. The minimum atomic E-state index is -0.110. The van der Waals surface area contributed by atoms with Crippen molar-refractivity contribution >= 4 is 22.9 Å². The van der Waals surface area contributed by atoms with E-state index in [2.05, 4.69) is 46.8 Å². The summed E-state index contributed by atoms with van der Waals surface area (Å²) in [7, 11) is 0. The summed E-state index contributed by atoms with van der Waals surface area (Å²) in [5.74, 6) is 0.434. The summed E-state index contributed by atoms with van der Waals surface area (Å²) in [6.07, 6.45) is 7.44. The van der Waals surface area contributed by atoms with Crippen LogP contribution in [0.4, 0.5) is 0 Å². The van der Waals surface area contributed by atoms with Crippen molar-refractivity contribution in [3.63, 3.8) is 0 Å². The summed E-state index contributed by atoms with van der Waals surface area (Å²) in [6, 6.07) is 4.42. The molecule has 0 amide bonds. The van der Waals surface area contributed by atoms with Gasteiger partial charge in [0.25, 0.3) is 0 Å². The maximum Gasteiger partial charge on any atom is 0.160 e. The first-order valence-corrected chi connectivity index (χ1v) is 12.0. The average molecular weight is 411 g/mol. The van der Waals surface area contributed by atoms with Crippen LogP contribution in [-0.2, 0) is 16.0 Å². The SMILES string of the molecule is CCCCc1ccc(C2C3=C(CC4=C2C(=O)CC(C)(C)C4)CC(C)(C)CC3=O)s1. The summed E-state index contributed by atoms with van der Waals surface area (Å²) in [5.41, 5.74) is 4.61. The number of rotatable bonds is 4. The fraction of sp³-hybridized carbons (Fsp3) is 0.615. The quantitative estimate of drug-likeness (QED) is 0.538. The molecule has 0 unspecified atom stereocenters. The molecule has 0 aliphatic heterocycles. The lowest BCUT2D eigenvalue weighted by Gasteiger charge is -2.43. The molecule has 1 aromatic rings. The Morgan fingerprint density at radius 2 is 1.45 bits per heavy atom. The van der Waals surface area contributed by atoms with Crippen molar-refractivity contribution in [3.8, 4) is 0 Å². The summed E-state index contributed by atoms with van der Waals surface area (Å²) >= 11 is 1.82. The second-order valence-electron chi connectivity index (χ2n) is 10.9. The van der Waals surface area contributed by atoms with Gasteiger partial charge in [-0.1, -0.05) is 52.2 Å². The highest BCUT2D eigenvalue weighted by molar-refractivity contribution is 7.12. The fourth-order valence-corrected chi connectivity index (χ4v) is 6.87. The second-order valence-corrected chi connectivity index (χ2v) is 12.1. The van der Waals surface area contributed by atoms with Gasteiger partial charge in [0.05, 0.1) is 5.92 Å². The number of carbonyl (C=O) groups is 2. The minimum Gasteiger partial charge on any atom is -0.294 e. The number of allylic oxidation sites excluding steroid dienone is 4. The fourth-order valence-electron chi connectivity index (χ4n) is 5.69. The lowest BCUT2D eigenvalue weighted by atomic mass is 9.60. The molecule has 29 heavy (non-hydrogen) atoms. The Hall–Kier alpha value is -1.48. The van der Waals surface area contributed by atoms with Gasteiger partial charge in [0.2, 0.25) is 0 Å². The van der Waals surface area contributed by atoms with Crippen LogP contribution in [0.25, 0.3) is 0 Å². The van der Waals surface area contributed by atoms with Crippen molar-refractivity contribution in [1.29, 1.82) is 0 Å². The number of hydrogen-bond donors (Lipinski definition) is 0. The van der Waals surface area contributed by atoms with Gasteiger partial charge in [-0.25, -0.2) is 0 Å². The molecule has 0 aromatic carbocycles. The van der Waals surface area contributed by atoms with Crippen molar-refractivity contribution in [2.24, 2.45) is 10.8 Å². The molecule has 0 atom stereocenters. The first-order valence-electron chi connectivity index (χ1n) is 11.2. The van der Waals surface area contributed by atoms with Gasteiger partial charge in [0, 0.05) is 33.7 Å². The molecule has 3 heteroatoms. The van der Waals surface area contributed by atoms with E-state index >= 15 is 0 Å². The van der Waals surface area contributed by atoms with Crippen LogP contribution in [0.2, 0.25) is 0 Å². The number of Topliss-reactive ketones (excluding diaryl/α,β-unsaturated/α-hetero) is 2. The maximum absolute atomic E-state index is 13.3. The number of ketones is 2. The number of thiophene rings is 1. The monoisotopic (exact) mass is 410 g/mol. The van der Waals surface area contributed by atoms with Crippen LogP contribution in [-0.4, -0.2) is 11.6 Å². The Bertz CT molecular complexity index is 870. The zero-order chi connectivity index (χ0) is 21.0. The van der Waals surface area contributed by atoms with Gasteiger partial charge in [-0.2, -0.15) is 0 Å². The molecule has 0 saturated heterocycles.